The molecule has 0 saturated carbocycles. The van der Waals surface area contributed by atoms with E-state index in [1.165, 1.54) is 22.3 Å². The summed E-state index contributed by atoms with van der Waals surface area (Å²) in [6.45, 7) is 38.5. The fraction of sp³-hybridized carbons (Fsp3) is 0.400. The van der Waals surface area contributed by atoms with E-state index in [-0.39, 0.29) is 7.43 Å². The average Bonchev–Trinajstić information content (AvgIpc) is 3.50. The van der Waals surface area contributed by atoms with Crippen molar-refractivity contribution >= 4 is 0 Å². The summed E-state index contributed by atoms with van der Waals surface area (Å²) >= 11 is 0. The maximum atomic E-state index is 4.18. The predicted octanol–water partition coefficient (Wildman–Crippen LogP) is 18.7. The van der Waals surface area contributed by atoms with Gasteiger partial charge in [0.2, 0.25) is 0 Å². The Bertz CT molecular complexity index is 2130. The van der Waals surface area contributed by atoms with Crippen LogP contribution in [-0.2, 0) is 0 Å². The summed E-state index contributed by atoms with van der Waals surface area (Å²) in [6, 6.07) is 34.0. The lowest BCUT2D eigenvalue weighted by Crippen LogP contribution is -1.93. The van der Waals surface area contributed by atoms with Crippen molar-refractivity contribution in [2.45, 2.75) is 185 Å². The Morgan fingerprint density at radius 2 is 0.585 bits per heavy atom. The number of nitrogens with zero attached hydrogens (tertiary/aromatic N) is 12. The number of aromatic nitrogens is 12. The number of hydrogen-bond donors (Lipinski definition) is 0. The summed E-state index contributed by atoms with van der Waals surface area (Å²) in [5.41, 5.74) is 9.75. The molecular formula is C70H100N12. The first-order valence-electron chi connectivity index (χ1n) is 28.5. The standard InChI is InChI=1S/6C8H11N.3C7H10N2.CH4/c1-7(2)8-3-5-9-6-4-8;2*1-7(2)8-4-3-5-9-6-8;3*1-7(2)8-5-3-4-6-9-8;1-6(2)7-5-8-3-4-9-7;1-6(2)7-3-4-8-9-5-7;1-6(2)7-8-4-3-5-9-7;/h6*3-7H,1-2H3;3*3-6H,1-2H3;1H4. The molecule has 9 rings (SSSR count). The van der Waals surface area contributed by atoms with Gasteiger partial charge in [0, 0.05) is 116 Å². The van der Waals surface area contributed by atoms with Crippen LogP contribution in [0.15, 0.2) is 202 Å². The third-order valence-electron chi connectivity index (χ3n) is 11.5. The van der Waals surface area contributed by atoms with Crippen LogP contribution in [0.25, 0.3) is 0 Å². The second-order valence-corrected chi connectivity index (χ2v) is 21.4. The molecule has 0 radical (unpaired) electrons. The Balaban J connectivity index is 0.000000899. The second-order valence-electron chi connectivity index (χ2n) is 21.4. The van der Waals surface area contributed by atoms with E-state index >= 15 is 0 Å². The molecule has 0 spiro atoms. The third kappa shape index (κ3) is 36.4. The largest absolute Gasteiger partial charge is 0.265 e. The Hall–Kier alpha value is -7.86. The molecule has 0 aromatic carbocycles. The van der Waals surface area contributed by atoms with Crippen molar-refractivity contribution in [3.8, 4) is 0 Å². The van der Waals surface area contributed by atoms with E-state index in [0.29, 0.717) is 53.3 Å². The minimum Gasteiger partial charge on any atom is -0.265 e. The minimum absolute atomic E-state index is 0. The minimum atomic E-state index is 0. The van der Waals surface area contributed by atoms with E-state index in [2.05, 4.69) is 197 Å². The summed E-state index contributed by atoms with van der Waals surface area (Å²) in [4.78, 5) is 40.7. The van der Waals surface area contributed by atoms with Gasteiger partial charge in [-0.05, 0) is 142 Å². The van der Waals surface area contributed by atoms with Gasteiger partial charge in [-0.1, -0.05) is 162 Å². The predicted molar refractivity (Wildman–Crippen MR) is 345 cm³/mol. The molecule has 82 heavy (non-hydrogen) atoms. The van der Waals surface area contributed by atoms with Gasteiger partial charge in [0.1, 0.15) is 5.82 Å². The van der Waals surface area contributed by atoms with E-state index < -0.39 is 0 Å². The molecule has 0 aliphatic rings. The molecule has 0 bridgehead atoms. The van der Waals surface area contributed by atoms with Gasteiger partial charge < -0.3 is 0 Å². The highest BCUT2D eigenvalue weighted by Crippen LogP contribution is 2.14. The van der Waals surface area contributed by atoms with Crippen molar-refractivity contribution in [2.75, 3.05) is 0 Å². The molecule has 0 atom stereocenters. The average molecular weight is 1110 g/mol. The third-order valence-corrected chi connectivity index (χ3v) is 11.5. The van der Waals surface area contributed by atoms with Crippen LogP contribution in [0.3, 0.4) is 0 Å². The zero-order chi connectivity index (χ0) is 60.2. The molecular weight excluding hydrogens is 1010 g/mol. The van der Waals surface area contributed by atoms with Crippen molar-refractivity contribution in [2.24, 2.45) is 0 Å². The lowest BCUT2D eigenvalue weighted by Gasteiger charge is -2.01. The summed E-state index contributed by atoms with van der Waals surface area (Å²) in [6.07, 6.45) is 28.8. The first-order valence-corrected chi connectivity index (χ1v) is 28.5. The van der Waals surface area contributed by atoms with Crippen LogP contribution in [0.4, 0.5) is 0 Å². The van der Waals surface area contributed by atoms with E-state index in [1.807, 2.05) is 134 Å². The highest BCUT2D eigenvalue weighted by Gasteiger charge is 2.01. The second kappa shape index (κ2) is 45.8. The van der Waals surface area contributed by atoms with Gasteiger partial charge >= 0.3 is 0 Å². The maximum absolute atomic E-state index is 4.18. The summed E-state index contributed by atoms with van der Waals surface area (Å²) in [5, 5.41) is 7.43. The normalized spacial score (nSPS) is 9.99. The highest BCUT2D eigenvalue weighted by atomic mass is 15.1. The van der Waals surface area contributed by atoms with Crippen LogP contribution in [-0.4, -0.2) is 60.0 Å². The van der Waals surface area contributed by atoms with Gasteiger partial charge in [-0.15, -0.1) is 0 Å². The van der Waals surface area contributed by atoms with E-state index in [0.717, 1.165) is 28.6 Å². The number of hydrogen-bond acceptors (Lipinski definition) is 12. The molecule has 0 saturated heterocycles. The molecule has 0 N–H and O–H groups in total. The zero-order valence-electron chi connectivity index (χ0n) is 52.1. The van der Waals surface area contributed by atoms with Crippen LogP contribution in [0.5, 0.6) is 0 Å². The van der Waals surface area contributed by atoms with Gasteiger partial charge in [0.25, 0.3) is 0 Å². The first-order chi connectivity index (χ1) is 38.7. The van der Waals surface area contributed by atoms with E-state index in [4.69, 9.17) is 0 Å². The Kier molecular flexibility index (Phi) is 41.4. The summed E-state index contributed by atoms with van der Waals surface area (Å²) in [5.74, 6) is 5.84. The smallest absolute Gasteiger partial charge is 0.130 e. The number of pyridine rings is 6. The lowest BCUT2D eigenvalue weighted by atomic mass is 10.1. The Labute approximate surface area is 496 Å². The van der Waals surface area contributed by atoms with Crippen LogP contribution in [0, 0.1) is 0 Å². The highest BCUT2D eigenvalue weighted by molar-refractivity contribution is 5.15. The quantitative estimate of drug-likeness (QED) is 0.135. The summed E-state index contributed by atoms with van der Waals surface area (Å²) in [7, 11) is 0. The van der Waals surface area contributed by atoms with E-state index in [9.17, 15) is 0 Å². The van der Waals surface area contributed by atoms with Crippen molar-refractivity contribution in [1.82, 2.24) is 60.0 Å². The Morgan fingerprint density at radius 1 is 0.220 bits per heavy atom. The number of rotatable bonds is 9. The molecule has 12 nitrogen and oxygen atoms in total. The molecule has 0 aliphatic carbocycles. The molecule has 12 heteroatoms. The molecule has 9 heterocycles. The van der Waals surface area contributed by atoms with Crippen molar-refractivity contribution in [1.29, 1.82) is 0 Å². The van der Waals surface area contributed by atoms with Gasteiger partial charge in [-0.3, -0.25) is 39.9 Å². The molecule has 0 aliphatic heterocycles. The molecule has 0 unspecified atom stereocenters. The van der Waals surface area contributed by atoms with Crippen LogP contribution < -0.4 is 0 Å². The van der Waals surface area contributed by atoms with Crippen molar-refractivity contribution in [3.63, 3.8) is 0 Å². The van der Waals surface area contributed by atoms with Crippen LogP contribution in [0.2, 0.25) is 0 Å². The van der Waals surface area contributed by atoms with E-state index in [1.54, 1.807) is 55.8 Å². The maximum Gasteiger partial charge on any atom is 0.130 e. The molecule has 0 fully saturated rings. The van der Waals surface area contributed by atoms with Crippen molar-refractivity contribution < 1.29 is 0 Å². The van der Waals surface area contributed by atoms with Gasteiger partial charge in [0.15, 0.2) is 0 Å². The van der Waals surface area contributed by atoms with Gasteiger partial charge in [-0.2, -0.15) is 10.2 Å². The first kappa shape index (κ1) is 74.1. The monoisotopic (exact) mass is 1110 g/mol. The topological polar surface area (TPSA) is 155 Å². The van der Waals surface area contributed by atoms with Crippen LogP contribution in [0.1, 0.15) is 236 Å². The molecule has 440 valence electrons. The molecule has 0 amide bonds. The fourth-order valence-electron chi connectivity index (χ4n) is 6.20. The lowest BCUT2D eigenvalue weighted by molar-refractivity contribution is 0.774. The zero-order valence-corrected chi connectivity index (χ0v) is 52.1. The fourth-order valence-corrected chi connectivity index (χ4v) is 6.20. The van der Waals surface area contributed by atoms with Gasteiger partial charge in [0.05, 0.1) is 11.9 Å². The Morgan fingerprint density at radius 3 is 0.805 bits per heavy atom. The van der Waals surface area contributed by atoms with Crippen molar-refractivity contribution in [3.05, 3.63) is 253 Å². The van der Waals surface area contributed by atoms with Crippen LogP contribution >= 0.6 is 0 Å². The van der Waals surface area contributed by atoms with Gasteiger partial charge in [-0.25, -0.2) is 9.97 Å². The summed E-state index contributed by atoms with van der Waals surface area (Å²) < 4.78 is 0. The molecule has 9 aromatic heterocycles. The molecule has 9 aromatic rings. The SMILES string of the molecule is C.CC(C)c1ccccn1.CC(C)c1ccccn1.CC(C)c1ccccn1.CC(C)c1cccnc1.CC(C)c1cccnc1.CC(C)c1ccncc1.CC(C)c1ccnnc1.CC(C)c1cnccn1.CC(C)c1ncccn1.